The average Bonchev–Trinajstić information content (AvgIpc) is 3.46. The van der Waals surface area contributed by atoms with Gasteiger partial charge in [-0.3, -0.25) is 5.32 Å². The molecule has 0 spiro atoms. The second-order valence-electron chi connectivity index (χ2n) is 7.28. The van der Waals surface area contributed by atoms with E-state index in [0.717, 1.165) is 23.5 Å². The van der Waals surface area contributed by atoms with Crippen molar-refractivity contribution >= 4 is 18.5 Å². The van der Waals surface area contributed by atoms with Crippen LogP contribution in [-0.4, -0.2) is 12.6 Å². The molecule has 145 valence electrons. The Labute approximate surface area is 178 Å². The molecule has 1 heterocycles. The summed E-state index contributed by atoms with van der Waals surface area (Å²) in [6.45, 7) is 0.650. The third-order valence-corrected chi connectivity index (χ3v) is 7.59. The van der Waals surface area contributed by atoms with Gasteiger partial charge in [0.2, 0.25) is 6.23 Å². The maximum absolute atomic E-state index is 6.09. The molecular formula is C27H21NOP. The van der Waals surface area contributed by atoms with Gasteiger partial charge in [-0.1, -0.05) is 102 Å². The van der Waals surface area contributed by atoms with Crippen molar-refractivity contribution < 1.29 is 4.74 Å². The van der Waals surface area contributed by atoms with Crippen LogP contribution in [0.1, 0.15) is 5.56 Å². The number of ether oxygens (including phenoxy) is 1. The van der Waals surface area contributed by atoms with Gasteiger partial charge in [-0.05, 0) is 36.2 Å². The van der Waals surface area contributed by atoms with Gasteiger partial charge >= 0.3 is 0 Å². The standard InChI is InChI=1S/C27H21NOP/c1-4-11-21(12-5-1)19-22-20-29-27(28-22)25-17-10-18-26(25)30(23-13-6-2-7-14-23)24-15-8-3-9-16-24/h1-9,11-16,22,28H,19-20H2/t22-/m0/s1. The average molecular weight is 406 g/mol. The molecule has 0 unspecified atom stereocenters. The Morgan fingerprint density at radius 3 is 2.03 bits per heavy atom. The Morgan fingerprint density at radius 1 is 0.800 bits per heavy atom. The molecule has 2 aliphatic rings. The maximum Gasteiger partial charge on any atom is 0.203 e. The summed E-state index contributed by atoms with van der Waals surface area (Å²) in [4.78, 5) is 0. The second-order valence-corrected chi connectivity index (χ2v) is 9.43. The summed E-state index contributed by atoms with van der Waals surface area (Å²) in [6, 6.07) is 32.0. The summed E-state index contributed by atoms with van der Waals surface area (Å²) in [5, 5.41) is 7.24. The van der Waals surface area contributed by atoms with Crippen LogP contribution < -0.4 is 15.9 Å². The summed E-state index contributed by atoms with van der Waals surface area (Å²) in [7, 11) is -0.767. The van der Waals surface area contributed by atoms with Crippen LogP contribution in [0.25, 0.3) is 0 Å². The number of rotatable bonds is 6. The molecule has 1 atom stereocenters. The van der Waals surface area contributed by atoms with Gasteiger partial charge in [0.1, 0.15) is 0 Å². The zero-order valence-electron chi connectivity index (χ0n) is 16.5. The van der Waals surface area contributed by atoms with Crippen LogP contribution in [0.15, 0.2) is 119 Å². The monoisotopic (exact) mass is 406 g/mol. The molecule has 1 radical (unpaired) electrons. The van der Waals surface area contributed by atoms with Crippen LogP contribution >= 0.6 is 7.92 Å². The fraction of sp³-hybridized carbons (Fsp3) is 0.111. The van der Waals surface area contributed by atoms with Crippen LogP contribution in [0.5, 0.6) is 0 Å². The minimum absolute atomic E-state index is 0.248. The van der Waals surface area contributed by atoms with Crippen molar-refractivity contribution in [2.45, 2.75) is 12.5 Å². The van der Waals surface area contributed by atoms with Crippen molar-refractivity contribution in [3.05, 3.63) is 131 Å². The van der Waals surface area contributed by atoms with E-state index < -0.39 is 7.92 Å². The molecule has 5 rings (SSSR count). The van der Waals surface area contributed by atoms with Gasteiger partial charge < -0.3 is 4.74 Å². The molecular weight excluding hydrogens is 385 g/mol. The van der Waals surface area contributed by atoms with Gasteiger partial charge in [-0.2, -0.15) is 0 Å². The molecule has 0 saturated carbocycles. The molecule has 0 bridgehead atoms. The van der Waals surface area contributed by atoms with Crippen molar-refractivity contribution in [3.63, 3.8) is 0 Å². The van der Waals surface area contributed by atoms with E-state index in [1.807, 2.05) is 6.07 Å². The summed E-state index contributed by atoms with van der Waals surface area (Å²) >= 11 is 0. The first kappa shape index (κ1) is 19.1. The molecule has 0 aromatic heterocycles. The minimum Gasteiger partial charge on any atom is -0.349 e. The zero-order chi connectivity index (χ0) is 20.2. The van der Waals surface area contributed by atoms with Crippen LogP contribution in [0.3, 0.4) is 0 Å². The summed E-state index contributed by atoms with van der Waals surface area (Å²) < 4.78 is 6.09. The summed E-state index contributed by atoms with van der Waals surface area (Å²) in [5.41, 5.74) is 12.0. The molecule has 3 heteroatoms. The Kier molecular flexibility index (Phi) is 5.62. The highest BCUT2D eigenvalue weighted by atomic mass is 31.1. The smallest absolute Gasteiger partial charge is 0.203 e. The molecule has 3 aromatic rings. The van der Waals surface area contributed by atoms with E-state index >= 15 is 0 Å². The fourth-order valence-corrected chi connectivity index (χ4v) is 6.08. The predicted octanol–water partition coefficient (Wildman–Crippen LogP) is 4.57. The highest BCUT2D eigenvalue weighted by Gasteiger charge is 2.34. The van der Waals surface area contributed by atoms with E-state index in [2.05, 4.69) is 107 Å². The van der Waals surface area contributed by atoms with E-state index in [0.29, 0.717) is 6.61 Å². The topological polar surface area (TPSA) is 21.3 Å². The Hall–Kier alpha value is -2.91. The van der Waals surface area contributed by atoms with Gasteiger partial charge in [0, 0.05) is 6.04 Å². The van der Waals surface area contributed by atoms with Crippen molar-refractivity contribution in [1.29, 1.82) is 0 Å². The van der Waals surface area contributed by atoms with Crippen LogP contribution in [-0.2, 0) is 11.2 Å². The van der Waals surface area contributed by atoms with E-state index in [4.69, 9.17) is 4.74 Å². The largest absolute Gasteiger partial charge is 0.349 e. The fourth-order valence-electron chi connectivity index (χ4n) is 3.77. The van der Waals surface area contributed by atoms with Crippen LogP contribution in [0.4, 0.5) is 0 Å². The Bertz CT molecular complexity index is 1110. The number of hydrogen-bond donors (Lipinski definition) is 1. The highest BCUT2D eigenvalue weighted by Crippen LogP contribution is 2.49. The minimum atomic E-state index is -0.767. The van der Waals surface area contributed by atoms with Crippen LogP contribution in [0.2, 0.25) is 0 Å². The van der Waals surface area contributed by atoms with Crippen molar-refractivity contribution in [1.82, 2.24) is 5.32 Å². The first-order chi connectivity index (χ1) is 14.9. The quantitative estimate of drug-likeness (QED) is 0.478. The maximum atomic E-state index is 6.09. The van der Waals surface area contributed by atoms with Crippen molar-refractivity contribution in [2.75, 3.05) is 6.61 Å². The Balaban J connectivity index is 1.39. The molecule has 0 amide bonds. The van der Waals surface area contributed by atoms with E-state index in [1.165, 1.54) is 16.2 Å². The summed E-state index contributed by atoms with van der Waals surface area (Å²) in [5.74, 6) is 0. The molecule has 2 nitrogen and oxygen atoms in total. The van der Waals surface area contributed by atoms with Gasteiger partial charge in [0.25, 0.3) is 0 Å². The lowest BCUT2D eigenvalue weighted by Crippen LogP contribution is -2.29. The third-order valence-electron chi connectivity index (χ3n) is 5.17. The lowest BCUT2D eigenvalue weighted by Gasteiger charge is -2.22. The van der Waals surface area contributed by atoms with Gasteiger partial charge in [0.05, 0.1) is 17.5 Å². The lowest BCUT2D eigenvalue weighted by molar-refractivity contribution is 0.207. The van der Waals surface area contributed by atoms with Crippen LogP contribution in [0, 0.1) is 6.23 Å². The third kappa shape index (κ3) is 4.03. The molecule has 3 aromatic carbocycles. The first-order valence-corrected chi connectivity index (χ1v) is 11.4. The number of hydrogen-bond acceptors (Lipinski definition) is 2. The normalized spacial score (nSPS) is 18.1. The van der Waals surface area contributed by atoms with Gasteiger partial charge in [0.15, 0.2) is 0 Å². The SMILES string of the molecule is C1=C=C([C]2N[C@@H](Cc3ccccc3)CO2)C(P(c2ccccc2)c2ccccc2)=C=1. The van der Waals surface area contributed by atoms with E-state index in [9.17, 15) is 0 Å². The van der Waals surface area contributed by atoms with Gasteiger partial charge in [-0.25, -0.2) is 0 Å². The zero-order valence-corrected chi connectivity index (χ0v) is 17.4. The first-order valence-electron chi connectivity index (χ1n) is 10.1. The second kappa shape index (κ2) is 8.85. The van der Waals surface area contributed by atoms with Crippen molar-refractivity contribution in [3.8, 4) is 0 Å². The molecule has 1 saturated heterocycles. The molecule has 1 aliphatic heterocycles. The molecule has 30 heavy (non-hydrogen) atoms. The highest BCUT2D eigenvalue weighted by molar-refractivity contribution is 7.77. The lowest BCUT2D eigenvalue weighted by atomic mass is 10.1. The number of nitrogens with one attached hydrogen (secondary N) is 1. The number of benzene rings is 3. The predicted molar refractivity (Wildman–Crippen MR) is 123 cm³/mol. The summed E-state index contributed by atoms with van der Waals surface area (Å²) in [6.07, 6.45) is 1.72. The van der Waals surface area contributed by atoms with Crippen molar-refractivity contribution in [2.24, 2.45) is 0 Å². The molecule has 1 fully saturated rings. The van der Waals surface area contributed by atoms with E-state index in [-0.39, 0.29) is 6.04 Å². The Morgan fingerprint density at radius 2 is 1.40 bits per heavy atom. The molecule has 1 aliphatic carbocycles. The van der Waals surface area contributed by atoms with Gasteiger partial charge in [-0.15, -0.1) is 0 Å². The van der Waals surface area contributed by atoms with E-state index in [1.54, 1.807) is 0 Å². The molecule has 1 N–H and O–H groups in total.